The van der Waals surface area contributed by atoms with Crippen molar-refractivity contribution in [1.29, 1.82) is 0 Å². The van der Waals surface area contributed by atoms with Crippen molar-refractivity contribution in [2.24, 2.45) is 0 Å². The fourth-order valence-electron chi connectivity index (χ4n) is 3.38. The molecule has 0 heterocycles. The third-order valence-corrected chi connectivity index (χ3v) is 21.1. The molecule has 0 aliphatic heterocycles. The molecule has 0 aliphatic carbocycles. The zero-order valence-corrected chi connectivity index (χ0v) is 14.1. The largest absolute Gasteiger partial charge is 0.0628 e. The van der Waals surface area contributed by atoms with Crippen LogP contribution in [0.4, 0.5) is 0 Å². The molecule has 0 fully saturated rings. The topological polar surface area (TPSA) is 0 Å². The number of hydrogen-bond acceptors (Lipinski definition) is 0. The van der Waals surface area contributed by atoms with Crippen LogP contribution in [0.25, 0.3) is 0 Å². The predicted octanol–water partition coefficient (Wildman–Crippen LogP) is 3.97. The van der Waals surface area contributed by atoms with Crippen LogP contribution >= 0.6 is 0 Å². The third kappa shape index (κ3) is 2.16. The summed E-state index contributed by atoms with van der Waals surface area (Å²) in [6.07, 6.45) is 0. The first-order valence-corrected chi connectivity index (χ1v) is 9.93. The minimum Gasteiger partial charge on any atom is -0.0628 e. The van der Waals surface area contributed by atoms with Gasteiger partial charge in [-0.3, -0.25) is 0 Å². The lowest BCUT2D eigenvalue weighted by atomic mass is 10.2. The van der Waals surface area contributed by atoms with Gasteiger partial charge in [-0.2, -0.15) is 0 Å². The Morgan fingerprint density at radius 3 is 0.714 bits per heavy atom. The molecule has 0 amide bonds. The Morgan fingerprint density at radius 2 is 0.714 bits per heavy atom. The monoisotopic (exact) mass is 229 g/mol. The van der Waals surface area contributed by atoms with Crippen LogP contribution in [0.2, 0.25) is 15.1 Å². The molecule has 2 heteroatoms. The number of hydrogen-bond donors (Lipinski definition) is 0. The van der Waals surface area contributed by atoms with Crippen molar-refractivity contribution >= 4 is 17.4 Å². The average molecular weight is 230 g/mol. The minimum absolute atomic E-state index is 0.474. The molecule has 0 bridgehead atoms. The molecule has 0 aromatic carbocycles. The first kappa shape index (κ1) is 14.4. The molecule has 0 N–H and O–H groups in total. The van der Waals surface area contributed by atoms with Gasteiger partial charge in [0.15, 0.2) is 0 Å². The van der Waals surface area contributed by atoms with E-state index in [2.05, 4.69) is 72.1 Å². The second-order valence-corrected chi connectivity index (χ2v) is 17.1. The molecule has 0 atom stereocenters. The lowest BCUT2D eigenvalue weighted by Crippen LogP contribution is -2.59. The van der Waals surface area contributed by atoms with E-state index in [9.17, 15) is 0 Å². The van der Waals surface area contributed by atoms with E-state index < -0.39 is 7.59 Å². The first-order chi connectivity index (χ1) is 5.75. The molecule has 0 unspecified atom stereocenters. The second-order valence-electron chi connectivity index (χ2n) is 7.66. The van der Waals surface area contributed by atoms with Gasteiger partial charge < -0.3 is 0 Å². The standard InChI is InChI=1S/C12H29Si2/c1-10(2,3)14(13,11(4,5)6)12(7,8)9/h13H2,1-9H3. The molecule has 0 aliphatic rings. The van der Waals surface area contributed by atoms with Crippen molar-refractivity contribution in [3.8, 4) is 0 Å². The molecule has 14 heavy (non-hydrogen) atoms. The van der Waals surface area contributed by atoms with Crippen molar-refractivity contribution in [3.63, 3.8) is 0 Å². The van der Waals surface area contributed by atoms with E-state index in [1.54, 1.807) is 0 Å². The van der Waals surface area contributed by atoms with E-state index in [1.807, 2.05) is 0 Å². The summed E-state index contributed by atoms with van der Waals surface area (Å²) in [5.41, 5.74) is 0. The summed E-state index contributed by atoms with van der Waals surface area (Å²) in [6, 6.07) is 0. The van der Waals surface area contributed by atoms with Crippen molar-refractivity contribution in [2.75, 3.05) is 0 Å². The van der Waals surface area contributed by atoms with Gasteiger partial charge >= 0.3 is 0 Å². The van der Waals surface area contributed by atoms with Crippen molar-refractivity contribution in [1.82, 2.24) is 0 Å². The van der Waals surface area contributed by atoms with Crippen LogP contribution in [0.5, 0.6) is 0 Å². The Hall–Kier alpha value is 0.434. The highest BCUT2D eigenvalue weighted by molar-refractivity contribution is 7.21. The lowest BCUT2D eigenvalue weighted by molar-refractivity contribution is 0.556. The second kappa shape index (κ2) is 3.48. The van der Waals surface area contributed by atoms with Crippen LogP contribution < -0.4 is 0 Å². The fourth-order valence-corrected chi connectivity index (χ4v) is 10.1. The molecule has 0 aromatic rings. The van der Waals surface area contributed by atoms with Gasteiger partial charge in [-0.05, 0) is 15.1 Å². The van der Waals surface area contributed by atoms with Crippen LogP contribution in [0.15, 0.2) is 0 Å². The average Bonchev–Trinajstić information content (AvgIpc) is 1.77. The highest BCUT2D eigenvalue weighted by atomic mass is 29.2. The van der Waals surface area contributed by atoms with Crippen LogP contribution in [0.1, 0.15) is 62.3 Å². The molecule has 0 nitrogen and oxygen atoms in total. The summed E-state index contributed by atoms with van der Waals surface area (Å²) in [4.78, 5) is 0. The van der Waals surface area contributed by atoms with Gasteiger partial charge in [-0.25, -0.2) is 0 Å². The Labute approximate surface area is 95.1 Å². The van der Waals surface area contributed by atoms with Gasteiger partial charge in [0.2, 0.25) is 0 Å². The van der Waals surface area contributed by atoms with Gasteiger partial charge in [0, 0.05) is 9.76 Å². The molecule has 0 spiro atoms. The fraction of sp³-hybridized carbons (Fsp3) is 1.00. The maximum atomic E-state index is 2.43. The molecule has 0 saturated heterocycles. The highest BCUT2D eigenvalue weighted by Gasteiger charge is 2.55. The summed E-state index contributed by atoms with van der Waals surface area (Å²) in [7, 11) is 1.01. The van der Waals surface area contributed by atoms with Crippen LogP contribution in [0, 0.1) is 0 Å². The predicted molar refractivity (Wildman–Crippen MR) is 73.4 cm³/mol. The van der Waals surface area contributed by atoms with Gasteiger partial charge in [0.05, 0.1) is 7.59 Å². The summed E-state index contributed by atoms with van der Waals surface area (Å²) < 4.78 is 0. The Bertz CT molecular complexity index is 162. The molecule has 85 valence electrons. The van der Waals surface area contributed by atoms with E-state index in [0.717, 1.165) is 0 Å². The zero-order chi connectivity index (χ0) is 12.0. The van der Waals surface area contributed by atoms with Crippen molar-refractivity contribution < 1.29 is 0 Å². The summed E-state index contributed by atoms with van der Waals surface area (Å²) in [6.45, 7) is 21.9. The normalized spacial score (nSPS) is 15.9. The zero-order valence-electron chi connectivity index (χ0n) is 11.7. The Balaban J connectivity index is 5.54. The summed E-state index contributed by atoms with van der Waals surface area (Å²) >= 11 is 0. The van der Waals surface area contributed by atoms with Gasteiger partial charge in [-0.1, -0.05) is 62.3 Å². The van der Waals surface area contributed by atoms with Gasteiger partial charge in [-0.15, -0.1) is 0 Å². The van der Waals surface area contributed by atoms with Crippen LogP contribution in [-0.4, -0.2) is 17.4 Å². The summed E-state index contributed by atoms with van der Waals surface area (Å²) in [5.74, 6) is 0. The van der Waals surface area contributed by atoms with E-state index in [0.29, 0.717) is 15.1 Å². The molecular weight excluding hydrogens is 200 g/mol. The van der Waals surface area contributed by atoms with E-state index in [1.165, 1.54) is 0 Å². The van der Waals surface area contributed by atoms with E-state index in [-0.39, 0.29) is 0 Å². The lowest BCUT2D eigenvalue weighted by Gasteiger charge is -2.57. The van der Waals surface area contributed by atoms with Gasteiger partial charge in [0.1, 0.15) is 0 Å². The first-order valence-electron chi connectivity index (χ1n) is 5.60. The maximum absolute atomic E-state index is 2.43. The molecule has 0 saturated carbocycles. The van der Waals surface area contributed by atoms with Crippen molar-refractivity contribution in [2.45, 2.75) is 77.4 Å². The Kier molecular flexibility index (Phi) is 3.59. The third-order valence-electron chi connectivity index (χ3n) is 3.84. The quantitative estimate of drug-likeness (QED) is 0.552. The van der Waals surface area contributed by atoms with E-state index >= 15 is 0 Å². The maximum Gasteiger partial charge on any atom is 0.0526 e. The smallest absolute Gasteiger partial charge is 0.0526 e. The molecule has 0 rings (SSSR count). The Morgan fingerprint density at radius 1 is 0.571 bits per heavy atom. The van der Waals surface area contributed by atoms with E-state index in [4.69, 9.17) is 0 Å². The number of rotatable bonds is 0. The van der Waals surface area contributed by atoms with Crippen molar-refractivity contribution in [3.05, 3.63) is 0 Å². The SMILES string of the molecule is CC(C)(C)[Si]([SiH2])(C(C)(C)C)C(C)(C)C. The van der Waals surface area contributed by atoms with Crippen LogP contribution in [-0.2, 0) is 0 Å². The van der Waals surface area contributed by atoms with Gasteiger partial charge in [0.25, 0.3) is 0 Å². The summed E-state index contributed by atoms with van der Waals surface area (Å²) in [5, 5.41) is 1.42. The highest BCUT2D eigenvalue weighted by Crippen LogP contribution is 2.59. The molecular formula is C12H29Si2. The van der Waals surface area contributed by atoms with Crippen LogP contribution in [0.3, 0.4) is 0 Å². The molecule has 0 aromatic heterocycles. The molecule has 1 radical (unpaired) electrons. The minimum atomic E-state index is -1.33.